The fourth-order valence-corrected chi connectivity index (χ4v) is 4.02. The number of rotatable bonds is 14. The highest BCUT2D eigenvalue weighted by molar-refractivity contribution is 8.82. The number of hydroxylamine groups is 2. The monoisotopic (exact) mass is 498 g/mol. The number of hydrogen-bond donors (Lipinski definition) is 2. The van der Waals surface area contributed by atoms with Crippen LogP contribution in [0.5, 0.6) is 0 Å². The van der Waals surface area contributed by atoms with E-state index in [4.69, 9.17) is 0 Å². The Balaban J connectivity index is 2.09. The molecule has 0 aromatic heterocycles. The zero-order chi connectivity index (χ0) is 24.5. The minimum atomic E-state index is -0.822. The summed E-state index contributed by atoms with van der Waals surface area (Å²) in [5.74, 6) is -2.16. The van der Waals surface area contributed by atoms with Gasteiger partial charge in [-0.2, -0.15) is 5.11 Å². The molecule has 0 aromatic carbocycles. The van der Waals surface area contributed by atoms with Gasteiger partial charge in [-0.25, -0.2) is 15.2 Å². The number of aliphatic imine (C=N–C) groups is 1. The van der Waals surface area contributed by atoms with Crippen molar-refractivity contribution in [1.29, 1.82) is 0 Å². The van der Waals surface area contributed by atoms with E-state index in [1.807, 2.05) is 19.1 Å². The van der Waals surface area contributed by atoms with Gasteiger partial charge in [0, 0.05) is 44.2 Å². The molecule has 1 heterocycles. The summed E-state index contributed by atoms with van der Waals surface area (Å²) in [7, 11) is 2.93. The molecule has 12 nitrogen and oxygen atoms in total. The average molecular weight is 499 g/mol. The Morgan fingerprint density at radius 2 is 1.91 bits per heavy atom. The second-order valence-electron chi connectivity index (χ2n) is 6.18. The number of carbonyl (C=O) groups excluding carboxylic acids is 5. The predicted molar refractivity (Wildman–Crippen MR) is 124 cm³/mol. The van der Waals surface area contributed by atoms with E-state index in [1.165, 1.54) is 27.8 Å². The third-order valence-electron chi connectivity index (χ3n) is 3.57. The number of hydrogen-bond acceptors (Lipinski definition) is 11. The molecule has 1 rings (SSSR count). The van der Waals surface area contributed by atoms with Crippen molar-refractivity contribution in [2.24, 2.45) is 15.2 Å². The summed E-state index contributed by atoms with van der Waals surface area (Å²) in [5, 5.41) is 8.24. The highest BCUT2D eigenvalue weighted by Crippen LogP contribution is 2.24. The van der Waals surface area contributed by atoms with Crippen LogP contribution in [0.2, 0.25) is 0 Å². The van der Waals surface area contributed by atoms with E-state index < -0.39 is 23.7 Å². The van der Waals surface area contributed by atoms with Gasteiger partial charge in [-0.05, 0) is 23.8 Å². The molecule has 0 radical (unpaired) electrons. The van der Waals surface area contributed by atoms with E-state index in [-0.39, 0.29) is 51.1 Å². The SMILES string of the molecule is C=C/N=C(\C=C/C)SSCCC(=O)NNCCC(=O)N=NCCC(=O)ON1C(=O)CCC1=O. The number of carbonyl (C=O) groups is 5. The van der Waals surface area contributed by atoms with Crippen LogP contribution < -0.4 is 10.9 Å². The topological polar surface area (TPSA) is 159 Å². The number of azo groups is 1. The Morgan fingerprint density at radius 1 is 1.18 bits per heavy atom. The summed E-state index contributed by atoms with van der Waals surface area (Å²) < 4.78 is 0. The van der Waals surface area contributed by atoms with Crippen LogP contribution in [0.25, 0.3) is 0 Å². The lowest BCUT2D eigenvalue weighted by Crippen LogP contribution is -2.38. The molecule has 14 heteroatoms. The van der Waals surface area contributed by atoms with Crippen molar-refractivity contribution in [2.75, 3.05) is 18.8 Å². The molecule has 1 saturated heterocycles. The van der Waals surface area contributed by atoms with Crippen molar-refractivity contribution >= 4 is 56.2 Å². The van der Waals surface area contributed by atoms with Gasteiger partial charge >= 0.3 is 5.97 Å². The number of amides is 4. The lowest BCUT2D eigenvalue weighted by atomic mass is 10.4. The zero-order valence-electron chi connectivity index (χ0n) is 18.2. The molecule has 33 heavy (non-hydrogen) atoms. The molecular formula is C19H26N6O6S2. The van der Waals surface area contributed by atoms with E-state index in [0.29, 0.717) is 10.8 Å². The van der Waals surface area contributed by atoms with E-state index in [1.54, 1.807) is 0 Å². The molecular weight excluding hydrogens is 472 g/mol. The Hall–Kier alpha value is -2.84. The molecule has 0 aliphatic carbocycles. The van der Waals surface area contributed by atoms with E-state index in [2.05, 4.69) is 37.5 Å². The molecule has 1 aliphatic heterocycles. The van der Waals surface area contributed by atoms with Crippen LogP contribution in [0.4, 0.5) is 0 Å². The summed E-state index contributed by atoms with van der Waals surface area (Å²) in [4.78, 5) is 66.4. The smallest absolute Gasteiger partial charge is 0.330 e. The van der Waals surface area contributed by atoms with Crippen molar-refractivity contribution in [3.63, 3.8) is 0 Å². The van der Waals surface area contributed by atoms with Crippen LogP contribution in [0, 0.1) is 0 Å². The maximum Gasteiger partial charge on any atom is 0.335 e. The van der Waals surface area contributed by atoms with Crippen LogP contribution in [0.3, 0.4) is 0 Å². The molecule has 0 aromatic rings. The summed E-state index contributed by atoms with van der Waals surface area (Å²) in [6.45, 7) is 5.46. The number of nitrogens with zero attached hydrogens (tertiary/aromatic N) is 4. The van der Waals surface area contributed by atoms with Gasteiger partial charge < -0.3 is 4.84 Å². The fraction of sp³-hybridized carbons (Fsp3) is 0.474. The van der Waals surface area contributed by atoms with Crippen molar-refractivity contribution < 1.29 is 28.8 Å². The number of nitrogens with one attached hydrogen (secondary N) is 2. The Kier molecular flexibility index (Phi) is 14.3. The van der Waals surface area contributed by atoms with Gasteiger partial charge in [0.2, 0.25) is 5.91 Å². The minimum absolute atomic E-state index is 0.00988. The standard InChI is InChI=1S/C19H26N6O6S2/c1-3-5-16(20-4-2)33-32-13-10-15(27)24-21-11-8-14(26)23-22-12-9-19(30)31-25-17(28)6-7-18(25)29/h3-5,21H,2,6-13H2,1H3,(H,24,27)/b5-3-,20-16+,23-22?. The Labute approximate surface area is 199 Å². The number of allylic oxidation sites excluding steroid dienone is 1. The largest absolute Gasteiger partial charge is 0.335 e. The molecule has 2 N–H and O–H groups in total. The zero-order valence-corrected chi connectivity index (χ0v) is 19.8. The van der Waals surface area contributed by atoms with Crippen molar-refractivity contribution in [1.82, 2.24) is 15.9 Å². The number of imide groups is 1. The highest BCUT2D eigenvalue weighted by Gasteiger charge is 2.32. The first-order chi connectivity index (χ1) is 15.9. The van der Waals surface area contributed by atoms with Crippen molar-refractivity contribution in [2.45, 2.75) is 39.0 Å². The first-order valence-electron chi connectivity index (χ1n) is 9.96. The fourth-order valence-electron chi connectivity index (χ4n) is 2.08. The average Bonchev–Trinajstić information content (AvgIpc) is 3.09. The summed E-state index contributed by atoms with van der Waals surface area (Å²) in [6.07, 6.45) is 5.21. The molecule has 0 bridgehead atoms. The Morgan fingerprint density at radius 3 is 2.58 bits per heavy atom. The quantitative estimate of drug-likeness (QED) is 0.0693. The molecule has 1 aliphatic rings. The molecule has 1 fully saturated rings. The third kappa shape index (κ3) is 12.7. The second-order valence-corrected chi connectivity index (χ2v) is 8.62. The lowest BCUT2D eigenvalue weighted by molar-refractivity contribution is -0.197. The van der Waals surface area contributed by atoms with Gasteiger partial charge in [-0.1, -0.05) is 23.4 Å². The van der Waals surface area contributed by atoms with Gasteiger partial charge in [0.15, 0.2) is 0 Å². The van der Waals surface area contributed by atoms with Crippen LogP contribution in [-0.2, 0) is 28.8 Å². The second kappa shape index (κ2) is 16.7. The molecule has 4 amide bonds. The normalized spacial score (nSPS) is 14.3. The van der Waals surface area contributed by atoms with Crippen molar-refractivity contribution in [3.8, 4) is 0 Å². The van der Waals surface area contributed by atoms with Crippen molar-refractivity contribution in [3.05, 3.63) is 24.9 Å². The minimum Gasteiger partial charge on any atom is -0.330 e. The van der Waals surface area contributed by atoms with Crippen LogP contribution >= 0.6 is 21.6 Å². The number of hydrazine groups is 1. The highest BCUT2D eigenvalue weighted by atomic mass is 33.1. The van der Waals surface area contributed by atoms with Crippen LogP contribution in [0.1, 0.15) is 39.0 Å². The summed E-state index contributed by atoms with van der Waals surface area (Å²) in [5.41, 5.74) is 5.12. The van der Waals surface area contributed by atoms with Gasteiger partial charge in [0.05, 0.1) is 13.0 Å². The lowest BCUT2D eigenvalue weighted by Gasteiger charge is -2.11. The molecule has 180 valence electrons. The first kappa shape index (κ1) is 28.2. The molecule has 0 unspecified atom stereocenters. The van der Waals surface area contributed by atoms with Crippen LogP contribution in [0.15, 0.2) is 40.2 Å². The third-order valence-corrected chi connectivity index (χ3v) is 5.84. The summed E-state index contributed by atoms with van der Waals surface area (Å²) >= 11 is 0. The van der Waals surface area contributed by atoms with Crippen LogP contribution in [-0.4, -0.2) is 58.5 Å². The molecule has 0 saturated carbocycles. The molecule has 0 spiro atoms. The molecule has 0 atom stereocenters. The maximum absolute atomic E-state index is 11.8. The maximum atomic E-state index is 11.8. The Bertz CT molecular complexity index is 814. The van der Waals surface area contributed by atoms with Gasteiger partial charge in [0.1, 0.15) is 5.04 Å². The first-order valence-corrected chi connectivity index (χ1v) is 12.3. The van der Waals surface area contributed by atoms with E-state index >= 15 is 0 Å². The van der Waals surface area contributed by atoms with Gasteiger partial charge in [-0.15, -0.1) is 10.2 Å². The van der Waals surface area contributed by atoms with E-state index in [0.717, 1.165) is 5.04 Å². The van der Waals surface area contributed by atoms with Gasteiger partial charge in [0.25, 0.3) is 17.7 Å². The summed E-state index contributed by atoms with van der Waals surface area (Å²) in [6, 6.07) is 0. The van der Waals surface area contributed by atoms with Gasteiger partial charge in [-0.3, -0.25) is 24.6 Å². The predicted octanol–water partition coefficient (Wildman–Crippen LogP) is 1.86. The van der Waals surface area contributed by atoms with E-state index in [9.17, 15) is 24.0 Å².